The van der Waals surface area contributed by atoms with Gasteiger partial charge in [-0.15, -0.1) is 0 Å². The third kappa shape index (κ3) is 2.01. The number of benzene rings is 1. The lowest BCUT2D eigenvalue weighted by Crippen LogP contribution is -1.96. The molecular formula is C11H9Cl2NO2. The van der Waals surface area contributed by atoms with Gasteiger partial charge in [0.2, 0.25) is 0 Å². The summed E-state index contributed by atoms with van der Waals surface area (Å²) in [5, 5.41) is 0.882. The largest absolute Gasteiger partial charge is 0.365 e. The summed E-state index contributed by atoms with van der Waals surface area (Å²) in [4.78, 5) is 11.5. The number of hydrogen-bond donors (Lipinski definition) is 0. The number of hydrogen-bond acceptors (Lipinski definition) is 2. The molecule has 16 heavy (non-hydrogen) atoms. The molecule has 0 atom stereocenters. The van der Waals surface area contributed by atoms with Gasteiger partial charge in [-0.2, -0.15) is 0 Å². The predicted molar refractivity (Wildman–Crippen MR) is 64.1 cm³/mol. The molecule has 0 bridgehead atoms. The molecule has 0 aliphatic carbocycles. The standard InChI is InChI=1S/C11H9Cl2NO2/c1-2-14-6-8(11(15)16-14)7-3-4-9(12)10(13)5-7/h3-6H,2H2,1H3. The van der Waals surface area contributed by atoms with Gasteiger partial charge in [-0.1, -0.05) is 29.3 Å². The maximum absolute atomic E-state index is 11.5. The van der Waals surface area contributed by atoms with Gasteiger partial charge < -0.3 is 4.52 Å². The Kier molecular flexibility index (Phi) is 3.08. The lowest BCUT2D eigenvalue weighted by molar-refractivity contribution is 0.260. The molecule has 1 aromatic carbocycles. The Labute approximate surface area is 102 Å². The topological polar surface area (TPSA) is 35.1 Å². The zero-order valence-corrected chi connectivity index (χ0v) is 10.0. The molecule has 0 N–H and O–H groups in total. The summed E-state index contributed by atoms with van der Waals surface area (Å²) in [5.74, 6) is 0. The Balaban J connectivity index is 2.54. The van der Waals surface area contributed by atoms with Crippen molar-refractivity contribution in [2.45, 2.75) is 13.5 Å². The molecule has 0 saturated heterocycles. The monoisotopic (exact) mass is 257 g/mol. The van der Waals surface area contributed by atoms with Crippen LogP contribution in [0.25, 0.3) is 11.1 Å². The molecule has 84 valence electrons. The highest BCUT2D eigenvalue weighted by atomic mass is 35.5. The van der Waals surface area contributed by atoms with E-state index >= 15 is 0 Å². The first-order valence-corrected chi connectivity index (χ1v) is 5.53. The Morgan fingerprint density at radius 1 is 1.31 bits per heavy atom. The smallest absolute Gasteiger partial charge is 0.336 e. The van der Waals surface area contributed by atoms with Crippen LogP contribution in [-0.4, -0.2) is 4.74 Å². The van der Waals surface area contributed by atoms with E-state index < -0.39 is 0 Å². The maximum atomic E-state index is 11.5. The minimum atomic E-state index is -0.375. The summed E-state index contributed by atoms with van der Waals surface area (Å²) in [6.45, 7) is 2.50. The summed E-state index contributed by atoms with van der Waals surface area (Å²) in [5.41, 5.74) is 0.816. The van der Waals surface area contributed by atoms with Crippen molar-refractivity contribution >= 4 is 23.2 Å². The molecule has 0 radical (unpaired) electrons. The number of nitrogens with zero attached hydrogens (tertiary/aromatic N) is 1. The first-order chi connectivity index (χ1) is 7.61. The van der Waals surface area contributed by atoms with Gasteiger partial charge in [0.15, 0.2) is 0 Å². The van der Waals surface area contributed by atoms with Gasteiger partial charge >= 0.3 is 5.63 Å². The maximum Gasteiger partial charge on any atom is 0.365 e. The van der Waals surface area contributed by atoms with Crippen molar-refractivity contribution in [3.05, 3.63) is 44.9 Å². The fourth-order valence-electron chi connectivity index (χ4n) is 1.39. The highest BCUT2D eigenvalue weighted by Crippen LogP contribution is 2.27. The molecule has 1 aromatic heterocycles. The minimum absolute atomic E-state index is 0.375. The van der Waals surface area contributed by atoms with Crippen LogP contribution >= 0.6 is 23.2 Å². The second-order valence-corrected chi connectivity index (χ2v) is 4.10. The molecule has 5 heteroatoms. The fourth-order valence-corrected chi connectivity index (χ4v) is 1.69. The van der Waals surface area contributed by atoms with Crippen molar-refractivity contribution in [1.29, 1.82) is 0 Å². The molecule has 2 rings (SSSR count). The molecule has 0 aliphatic rings. The summed E-state index contributed by atoms with van der Waals surface area (Å²) < 4.78 is 6.45. The zero-order valence-electron chi connectivity index (χ0n) is 8.54. The van der Waals surface area contributed by atoms with E-state index in [2.05, 4.69) is 0 Å². The van der Waals surface area contributed by atoms with Crippen LogP contribution in [0.2, 0.25) is 10.0 Å². The zero-order chi connectivity index (χ0) is 11.7. The quantitative estimate of drug-likeness (QED) is 0.827. The van der Waals surface area contributed by atoms with Gasteiger partial charge in [-0.05, 0) is 24.6 Å². The second-order valence-electron chi connectivity index (χ2n) is 3.28. The first-order valence-electron chi connectivity index (χ1n) is 4.78. The van der Waals surface area contributed by atoms with E-state index in [1.165, 1.54) is 4.74 Å². The van der Waals surface area contributed by atoms with E-state index in [9.17, 15) is 4.79 Å². The molecule has 0 spiro atoms. The average Bonchev–Trinajstić information content (AvgIpc) is 2.64. The fraction of sp³-hybridized carbons (Fsp3) is 0.182. The highest BCUT2D eigenvalue weighted by Gasteiger charge is 2.10. The number of aryl methyl sites for hydroxylation is 1. The normalized spacial score (nSPS) is 10.7. The average molecular weight is 258 g/mol. The summed E-state index contributed by atoms with van der Waals surface area (Å²) in [6, 6.07) is 5.04. The predicted octanol–water partition coefficient (Wildman–Crippen LogP) is 3.44. The van der Waals surface area contributed by atoms with E-state index in [1.807, 2.05) is 6.92 Å². The summed E-state index contributed by atoms with van der Waals surface area (Å²) in [7, 11) is 0. The Morgan fingerprint density at radius 2 is 2.06 bits per heavy atom. The van der Waals surface area contributed by atoms with Gasteiger partial charge in [0, 0.05) is 0 Å². The van der Waals surface area contributed by atoms with Gasteiger partial charge in [-0.25, -0.2) is 9.53 Å². The minimum Gasteiger partial charge on any atom is -0.336 e. The van der Waals surface area contributed by atoms with Crippen LogP contribution in [0.5, 0.6) is 0 Å². The van der Waals surface area contributed by atoms with Gasteiger partial charge in [0.25, 0.3) is 0 Å². The van der Waals surface area contributed by atoms with E-state index in [0.29, 0.717) is 27.7 Å². The Bertz CT molecular complexity index is 572. The van der Waals surface area contributed by atoms with Crippen LogP contribution in [0, 0.1) is 0 Å². The van der Waals surface area contributed by atoms with Crippen molar-refractivity contribution in [2.24, 2.45) is 0 Å². The molecule has 0 fully saturated rings. The molecule has 1 heterocycles. The van der Waals surface area contributed by atoms with Crippen LogP contribution in [0.1, 0.15) is 6.92 Å². The molecule has 0 aliphatic heterocycles. The second kappa shape index (κ2) is 4.36. The van der Waals surface area contributed by atoms with Crippen molar-refractivity contribution < 1.29 is 4.52 Å². The van der Waals surface area contributed by atoms with Gasteiger partial charge in [0.1, 0.15) is 0 Å². The third-order valence-corrected chi connectivity index (χ3v) is 2.97. The van der Waals surface area contributed by atoms with Gasteiger partial charge in [-0.3, -0.25) is 0 Å². The Morgan fingerprint density at radius 3 is 2.62 bits per heavy atom. The van der Waals surface area contributed by atoms with Gasteiger partial charge in [0.05, 0.1) is 28.4 Å². The molecule has 2 aromatic rings. The van der Waals surface area contributed by atoms with Crippen LogP contribution in [0.3, 0.4) is 0 Å². The van der Waals surface area contributed by atoms with Crippen molar-refractivity contribution in [2.75, 3.05) is 0 Å². The van der Waals surface area contributed by atoms with Crippen molar-refractivity contribution in [3.8, 4) is 11.1 Å². The van der Waals surface area contributed by atoms with Crippen LogP contribution < -0.4 is 5.63 Å². The molecular weight excluding hydrogens is 249 g/mol. The van der Waals surface area contributed by atoms with E-state index in [4.69, 9.17) is 27.7 Å². The Hall–Kier alpha value is -1.19. The highest BCUT2D eigenvalue weighted by molar-refractivity contribution is 6.42. The van der Waals surface area contributed by atoms with Crippen LogP contribution in [0.4, 0.5) is 0 Å². The van der Waals surface area contributed by atoms with E-state index in [0.717, 1.165) is 0 Å². The lowest BCUT2D eigenvalue weighted by atomic mass is 10.1. The third-order valence-electron chi connectivity index (χ3n) is 2.24. The molecule has 0 saturated carbocycles. The number of aromatic nitrogens is 1. The first kappa shape index (κ1) is 11.3. The van der Waals surface area contributed by atoms with E-state index in [-0.39, 0.29) is 5.63 Å². The molecule has 3 nitrogen and oxygen atoms in total. The van der Waals surface area contributed by atoms with E-state index in [1.54, 1.807) is 24.4 Å². The molecule has 0 amide bonds. The molecule has 0 unspecified atom stereocenters. The number of rotatable bonds is 2. The lowest BCUT2D eigenvalue weighted by Gasteiger charge is -1.98. The van der Waals surface area contributed by atoms with Crippen LogP contribution in [-0.2, 0) is 6.54 Å². The summed E-state index contributed by atoms with van der Waals surface area (Å²) >= 11 is 11.7. The van der Waals surface area contributed by atoms with Crippen molar-refractivity contribution in [1.82, 2.24) is 4.74 Å². The SMILES string of the molecule is CCn1cc(-c2ccc(Cl)c(Cl)c2)c(=O)o1. The number of halogens is 2. The van der Waals surface area contributed by atoms with Crippen molar-refractivity contribution in [3.63, 3.8) is 0 Å². The van der Waals surface area contributed by atoms with Crippen LogP contribution in [0.15, 0.2) is 33.7 Å². The summed E-state index contributed by atoms with van der Waals surface area (Å²) in [6.07, 6.45) is 1.65.